The van der Waals surface area contributed by atoms with Crippen LogP contribution in [0.1, 0.15) is 11.4 Å². The molecule has 158 valence electrons. The Bertz CT molecular complexity index is 1270. The van der Waals surface area contributed by atoms with Crippen LogP contribution in [0.4, 0.5) is 5.69 Å². The van der Waals surface area contributed by atoms with Crippen molar-refractivity contribution in [3.63, 3.8) is 0 Å². The predicted molar refractivity (Wildman–Crippen MR) is 126 cm³/mol. The van der Waals surface area contributed by atoms with E-state index in [4.69, 9.17) is 16.3 Å². The van der Waals surface area contributed by atoms with Gasteiger partial charge in [-0.1, -0.05) is 53.7 Å². The number of anilines is 1. The van der Waals surface area contributed by atoms with Gasteiger partial charge >= 0.3 is 0 Å². The van der Waals surface area contributed by atoms with Gasteiger partial charge in [-0.2, -0.15) is 0 Å². The number of halogens is 1. The van der Waals surface area contributed by atoms with Gasteiger partial charge in [0.15, 0.2) is 5.16 Å². The highest BCUT2D eigenvalue weighted by molar-refractivity contribution is 7.99. The Labute approximate surface area is 189 Å². The first-order valence-electron chi connectivity index (χ1n) is 9.65. The van der Waals surface area contributed by atoms with Gasteiger partial charge in [0.25, 0.3) is 0 Å². The number of methoxy groups -OCH3 is 1. The molecule has 0 saturated carbocycles. The maximum atomic E-state index is 12.5. The van der Waals surface area contributed by atoms with Crippen LogP contribution in [0, 0.1) is 13.8 Å². The number of nitrogens with zero attached hydrogens (tertiary/aromatic N) is 3. The van der Waals surface area contributed by atoms with Crippen LogP contribution in [0.5, 0.6) is 5.75 Å². The lowest BCUT2D eigenvalue weighted by Crippen LogP contribution is -2.15. The van der Waals surface area contributed by atoms with E-state index in [2.05, 4.69) is 15.5 Å². The summed E-state index contributed by atoms with van der Waals surface area (Å²) >= 11 is 7.54. The van der Waals surface area contributed by atoms with E-state index in [0.717, 1.165) is 33.6 Å². The molecule has 0 aliphatic carbocycles. The third kappa shape index (κ3) is 4.38. The second kappa shape index (κ2) is 8.99. The Morgan fingerprint density at radius 1 is 1.10 bits per heavy atom. The molecule has 0 fully saturated rings. The van der Waals surface area contributed by atoms with E-state index in [1.807, 2.05) is 66.9 Å². The molecule has 0 radical (unpaired) electrons. The Balaban J connectivity index is 1.59. The molecule has 0 atom stereocenters. The molecule has 0 aliphatic rings. The Kier molecular flexibility index (Phi) is 6.15. The molecular formula is C23H21ClN4O2S. The second-order valence-corrected chi connectivity index (χ2v) is 8.37. The van der Waals surface area contributed by atoms with Crippen molar-refractivity contribution in [2.24, 2.45) is 0 Å². The predicted octanol–water partition coefficient (Wildman–Crippen LogP) is 5.43. The summed E-state index contributed by atoms with van der Waals surface area (Å²) in [4.78, 5) is 12.5. The summed E-state index contributed by atoms with van der Waals surface area (Å²) in [5.74, 6) is 1.55. The van der Waals surface area contributed by atoms with E-state index in [1.165, 1.54) is 11.8 Å². The van der Waals surface area contributed by atoms with Crippen LogP contribution in [0.3, 0.4) is 0 Å². The molecule has 1 amide bonds. The zero-order chi connectivity index (χ0) is 22.0. The lowest BCUT2D eigenvalue weighted by Gasteiger charge is -2.14. The zero-order valence-electron chi connectivity index (χ0n) is 17.3. The number of benzene rings is 3. The van der Waals surface area contributed by atoms with Crippen molar-refractivity contribution in [1.29, 1.82) is 0 Å². The minimum atomic E-state index is -0.164. The van der Waals surface area contributed by atoms with Crippen molar-refractivity contribution in [1.82, 2.24) is 14.8 Å². The van der Waals surface area contributed by atoms with E-state index in [-0.39, 0.29) is 11.7 Å². The number of aromatic nitrogens is 3. The molecule has 4 rings (SSSR count). The zero-order valence-corrected chi connectivity index (χ0v) is 18.9. The van der Waals surface area contributed by atoms with E-state index < -0.39 is 0 Å². The minimum absolute atomic E-state index is 0.164. The molecule has 1 N–H and O–H groups in total. The monoisotopic (exact) mass is 452 g/mol. The van der Waals surface area contributed by atoms with Crippen molar-refractivity contribution in [2.75, 3.05) is 18.2 Å². The molecule has 0 saturated heterocycles. The number of fused-ring (bicyclic) bond motifs is 1. The standard InChI is InChI=1S/C23H21ClN4O2S/c1-14-8-9-19(18(24)12-14)25-22(29)13-31-23-27-26-15(2)28(23)20-10-11-21(30-3)17-7-5-4-6-16(17)20/h4-12H,13H2,1-3H3,(H,25,29). The van der Waals surface area contributed by atoms with Crippen LogP contribution < -0.4 is 10.1 Å². The summed E-state index contributed by atoms with van der Waals surface area (Å²) in [6.07, 6.45) is 0. The van der Waals surface area contributed by atoms with Crippen molar-refractivity contribution < 1.29 is 9.53 Å². The van der Waals surface area contributed by atoms with Crippen LogP contribution in [0.25, 0.3) is 16.5 Å². The highest BCUT2D eigenvalue weighted by atomic mass is 35.5. The van der Waals surface area contributed by atoms with Gasteiger partial charge in [-0.15, -0.1) is 10.2 Å². The highest BCUT2D eigenvalue weighted by Crippen LogP contribution is 2.33. The van der Waals surface area contributed by atoms with Crippen LogP contribution >= 0.6 is 23.4 Å². The SMILES string of the molecule is COc1ccc(-n2c(C)nnc2SCC(=O)Nc2ccc(C)cc2Cl)c2ccccc12. The Morgan fingerprint density at radius 3 is 2.61 bits per heavy atom. The van der Waals surface area contributed by atoms with E-state index in [0.29, 0.717) is 15.9 Å². The lowest BCUT2D eigenvalue weighted by atomic mass is 10.1. The molecule has 6 nitrogen and oxygen atoms in total. The van der Waals surface area contributed by atoms with Gasteiger partial charge in [0, 0.05) is 10.8 Å². The van der Waals surface area contributed by atoms with Gasteiger partial charge in [0.05, 0.1) is 29.3 Å². The van der Waals surface area contributed by atoms with E-state index in [1.54, 1.807) is 13.2 Å². The second-order valence-electron chi connectivity index (χ2n) is 7.02. The molecular weight excluding hydrogens is 432 g/mol. The van der Waals surface area contributed by atoms with Crippen LogP contribution in [-0.4, -0.2) is 33.5 Å². The van der Waals surface area contributed by atoms with Crippen LogP contribution in [-0.2, 0) is 4.79 Å². The molecule has 0 spiro atoms. The lowest BCUT2D eigenvalue weighted by molar-refractivity contribution is -0.113. The Morgan fingerprint density at radius 2 is 1.87 bits per heavy atom. The minimum Gasteiger partial charge on any atom is -0.496 e. The summed E-state index contributed by atoms with van der Waals surface area (Å²) in [5.41, 5.74) is 2.56. The number of hydrogen-bond donors (Lipinski definition) is 1. The van der Waals surface area contributed by atoms with Gasteiger partial charge in [0.2, 0.25) is 5.91 Å². The summed E-state index contributed by atoms with van der Waals surface area (Å²) in [6, 6.07) is 17.4. The largest absolute Gasteiger partial charge is 0.496 e. The Hall–Kier alpha value is -3.03. The topological polar surface area (TPSA) is 69.0 Å². The quantitative estimate of drug-likeness (QED) is 0.395. The first-order valence-corrected chi connectivity index (χ1v) is 11.0. The molecule has 1 aromatic heterocycles. The van der Waals surface area contributed by atoms with Gasteiger partial charge in [-0.25, -0.2) is 0 Å². The third-order valence-corrected chi connectivity index (χ3v) is 6.09. The van der Waals surface area contributed by atoms with E-state index in [9.17, 15) is 4.79 Å². The van der Waals surface area contributed by atoms with Crippen LogP contribution in [0.15, 0.2) is 59.8 Å². The fourth-order valence-corrected chi connectivity index (χ4v) is 4.45. The average Bonchev–Trinajstić information content (AvgIpc) is 3.13. The number of carbonyl (C=O) groups excluding carboxylic acids is 1. The molecule has 8 heteroatoms. The number of nitrogens with one attached hydrogen (secondary N) is 1. The molecule has 1 heterocycles. The number of thioether (sulfide) groups is 1. The molecule has 0 aliphatic heterocycles. The number of ether oxygens (including phenoxy) is 1. The van der Waals surface area contributed by atoms with Gasteiger partial charge in [-0.3, -0.25) is 9.36 Å². The highest BCUT2D eigenvalue weighted by Gasteiger charge is 2.17. The van der Waals surface area contributed by atoms with Crippen molar-refractivity contribution in [3.05, 3.63) is 71.0 Å². The first kappa shape index (κ1) is 21.2. The summed E-state index contributed by atoms with van der Waals surface area (Å²) in [5, 5.41) is 14.5. The number of carbonyl (C=O) groups is 1. The molecule has 0 unspecified atom stereocenters. The molecule has 3 aromatic carbocycles. The number of amides is 1. The first-order chi connectivity index (χ1) is 15.0. The summed E-state index contributed by atoms with van der Waals surface area (Å²) in [6.45, 7) is 3.84. The maximum absolute atomic E-state index is 12.5. The number of rotatable bonds is 6. The van der Waals surface area contributed by atoms with Crippen molar-refractivity contribution in [3.8, 4) is 11.4 Å². The maximum Gasteiger partial charge on any atom is 0.234 e. The normalized spacial score (nSPS) is 11.0. The van der Waals surface area contributed by atoms with E-state index >= 15 is 0 Å². The summed E-state index contributed by atoms with van der Waals surface area (Å²) in [7, 11) is 1.66. The molecule has 4 aromatic rings. The fourth-order valence-electron chi connectivity index (χ4n) is 3.38. The molecule has 31 heavy (non-hydrogen) atoms. The van der Waals surface area contributed by atoms with Crippen molar-refractivity contribution in [2.45, 2.75) is 19.0 Å². The average molecular weight is 453 g/mol. The smallest absolute Gasteiger partial charge is 0.234 e. The van der Waals surface area contributed by atoms with Crippen molar-refractivity contribution >= 4 is 45.7 Å². The van der Waals surface area contributed by atoms with Crippen LogP contribution in [0.2, 0.25) is 5.02 Å². The summed E-state index contributed by atoms with van der Waals surface area (Å²) < 4.78 is 7.46. The number of hydrogen-bond acceptors (Lipinski definition) is 5. The fraction of sp³-hybridized carbons (Fsp3) is 0.174. The van der Waals surface area contributed by atoms with Gasteiger partial charge in [0.1, 0.15) is 11.6 Å². The van der Waals surface area contributed by atoms with Gasteiger partial charge in [-0.05, 0) is 43.7 Å². The van der Waals surface area contributed by atoms with Gasteiger partial charge < -0.3 is 10.1 Å². The number of aryl methyl sites for hydroxylation is 2. The molecule has 0 bridgehead atoms. The third-order valence-electron chi connectivity index (χ3n) is 4.85.